The van der Waals surface area contributed by atoms with Gasteiger partial charge in [0, 0.05) is 12.0 Å². The van der Waals surface area contributed by atoms with Gasteiger partial charge >= 0.3 is 0 Å². The van der Waals surface area contributed by atoms with Crippen LogP contribution in [0.4, 0.5) is 0 Å². The minimum Gasteiger partial charge on any atom is -0.314 e. The van der Waals surface area contributed by atoms with E-state index in [2.05, 4.69) is 12.2 Å². The van der Waals surface area contributed by atoms with Crippen LogP contribution < -0.4 is 5.32 Å². The second-order valence-corrected chi connectivity index (χ2v) is 3.72. The fourth-order valence-electron chi connectivity index (χ4n) is 1.99. The van der Waals surface area contributed by atoms with Crippen LogP contribution in [0, 0.1) is 5.92 Å². The molecule has 0 amide bonds. The molecule has 1 N–H and O–H groups in total. The van der Waals surface area contributed by atoms with E-state index >= 15 is 0 Å². The zero-order valence-electron chi connectivity index (χ0n) is 10.1. The van der Waals surface area contributed by atoms with Crippen LogP contribution in [-0.2, 0) is 4.79 Å². The van der Waals surface area contributed by atoms with Crippen molar-refractivity contribution < 1.29 is 4.79 Å². The van der Waals surface area contributed by atoms with Gasteiger partial charge in [0.05, 0.1) is 0 Å². The van der Waals surface area contributed by atoms with Gasteiger partial charge in [0.2, 0.25) is 0 Å². The number of hydrogen-bond donors (Lipinski definition) is 1. The Morgan fingerprint density at radius 3 is 2.07 bits per heavy atom. The van der Waals surface area contributed by atoms with Gasteiger partial charge in [-0.25, -0.2) is 0 Å². The first-order valence-electron chi connectivity index (χ1n) is 5.98. The van der Waals surface area contributed by atoms with Gasteiger partial charge in [-0.2, -0.15) is 0 Å². The van der Waals surface area contributed by atoms with E-state index in [0.717, 1.165) is 19.4 Å². The van der Waals surface area contributed by atoms with E-state index in [-0.39, 0.29) is 0 Å². The van der Waals surface area contributed by atoms with E-state index in [1.165, 1.54) is 12.8 Å². The third-order valence-corrected chi connectivity index (χ3v) is 2.79. The second kappa shape index (κ2) is 7.98. The number of Topliss-reactive ketones (excluding diaryl/α,β-unsaturated/α-hetero) is 1. The molecule has 0 bridgehead atoms. The van der Waals surface area contributed by atoms with Crippen molar-refractivity contribution in [3.8, 4) is 0 Å². The second-order valence-electron chi connectivity index (χ2n) is 3.72. The quantitative estimate of drug-likeness (QED) is 0.757. The Morgan fingerprint density at radius 2 is 1.71 bits per heavy atom. The highest BCUT2D eigenvalue weighted by Gasteiger charge is 2.22. The standard InChI is InChI=1S/C10H19NO.C2H6/c1-3-11-10-6-4-9(5-7-10)8(2)12;1-2/h9-11H,3-7H2,1-2H3;1-2H3. The van der Waals surface area contributed by atoms with Crippen LogP contribution >= 0.6 is 0 Å². The molecule has 0 aromatic rings. The van der Waals surface area contributed by atoms with E-state index < -0.39 is 0 Å². The zero-order valence-corrected chi connectivity index (χ0v) is 10.1. The average molecular weight is 199 g/mol. The maximum Gasteiger partial charge on any atom is 0.132 e. The van der Waals surface area contributed by atoms with Gasteiger partial charge < -0.3 is 5.32 Å². The predicted molar refractivity (Wildman–Crippen MR) is 61.5 cm³/mol. The van der Waals surface area contributed by atoms with Gasteiger partial charge in [-0.1, -0.05) is 20.8 Å². The number of rotatable bonds is 3. The van der Waals surface area contributed by atoms with Crippen molar-refractivity contribution >= 4 is 5.78 Å². The van der Waals surface area contributed by atoms with Gasteiger partial charge in [-0.3, -0.25) is 4.79 Å². The van der Waals surface area contributed by atoms with Crippen molar-refractivity contribution in [3.63, 3.8) is 0 Å². The average Bonchev–Trinajstić information content (AvgIpc) is 2.22. The molecular weight excluding hydrogens is 174 g/mol. The highest BCUT2D eigenvalue weighted by molar-refractivity contribution is 5.78. The van der Waals surface area contributed by atoms with Crippen molar-refractivity contribution in [2.75, 3.05) is 6.54 Å². The van der Waals surface area contributed by atoms with Gasteiger partial charge in [0.15, 0.2) is 0 Å². The molecular formula is C12H25NO. The molecule has 14 heavy (non-hydrogen) atoms. The Balaban J connectivity index is 0.000000791. The lowest BCUT2D eigenvalue weighted by Gasteiger charge is -2.27. The summed E-state index contributed by atoms with van der Waals surface area (Å²) in [5, 5.41) is 3.43. The summed E-state index contributed by atoms with van der Waals surface area (Å²) in [6.07, 6.45) is 4.54. The first kappa shape index (κ1) is 13.6. The van der Waals surface area contributed by atoms with Crippen LogP contribution in [0.5, 0.6) is 0 Å². The van der Waals surface area contributed by atoms with Gasteiger partial charge in [0.1, 0.15) is 5.78 Å². The molecule has 2 nitrogen and oxygen atoms in total. The van der Waals surface area contributed by atoms with Crippen molar-refractivity contribution in [2.45, 2.75) is 59.4 Å². The van der Waals surface area contributed by atoms with E-state index in [4.69, 9.17) is 0 Å². The molecule has 1 rings (SSSR count). The Bertz CT molecular complexity index is 148. The molecule has 0 aliphatic heterocycles. The summed E-state index contributed by atoms with van der Waals surface area (Å²) in [6.45, 7) is 8.91. The molecule has 0 aromatic carbocycles. The summed E-state index contributed by atoms with van der Waals surface area (Å²) in [5.41, 5.74) is 0. The molecule has 1 aliphatic rings. The summed E-state index contributed by atoms with van der Waals surface area (Å²) in [5.74, 6) is 0.741. The van der Waals surface area contributed by atoms with E-state index in [0.29, 0.717) is 17.7 Å². The molecule has 0 aromatic heterocycles. The number of carbonyl (C=O) groups excluding carboxylic acids is 1. The van der Waals surface area contributed by atoms with Gasteiger partial charge in [-0.15, -0.1) is 0 Å². The first-order valence-corrected chi connectivity index (χ1v) is 5.98. The molecule has 0 radical (unpaired) electrons. The lowest BCUT2D eigenvalue weighted by Crippen LogP contribution is -2.34. The lowest BCUT2D eigenvalue weighted by molar-refractivity contribution is -0.121. The molecule has 2 heteroatoms. The van der Waals surface area contributed by atoms with Crippen molar-refractivity contribution in [2.24, 2.45) is 5.92 Å². The van der Waals surface area contributed by atoms with Crippen molar-refractivity contribution in [3.05, 3.63) is 0 Å². The first-order chi connectivity index (χ1) is 6.74. The summed E-state index contributed by atoms with van der Waals surface area (Å²) < 4.78 is 0. The monoisotopic (exact) mass is 199 g/mol. The summed E-state index contributed by atoms with van der Waals surface area (Å²) in [4.78, 5) is 11.0. The van der Waals surface area contributed by atoms with E-state index in [1.807, 2.05) is 13.8 Å². The van der Waals surface area contributed by atoms with Crippen LogP contribution in [0.15, 0.2) is 0 Å². The Kier molecular flexibility index (Phi) is 7.77. The lowest BCUT2D eigenvalue weighted by atomic mass is 9.84. The Hall–Kier alpha value is -0.370. The van der Waals surface area contributed by atoms with Crippen LogP contribution in [0.25, 0.3) is 0 Å². The molecule has 1 aliphatic carbocycles. The van der Waals surface area contributed by atoms with Crippen molar-refractivity contribution in [1.29, 1.82) is 0 Å². The zero-order chi connectivity index (χ0) is 11.0. The number of ketones is 1. The Morgan fingerprint density at radius 1 is 1.21 bits per heavy atom. The van der Waals surface area contributed by atoms with Crippen molar-refractivity contribution in [1.82, 2.24) is 5.32 Å². The predicted octanol–water partition coefficient (Wildman–Crippen LogP) is 2.77. The number of nitrogens with one attached hydrogen (secondary N) is 1. The Labute approximate surface area is 88.5 Å². The molecule has 0 unspecified atom stereocenters. The summed E-state index contributed by atoms with van der Waals surface area (Å²) in [6, 6.07) is 0.672. The van der Waals surface area contributed by atoms with Crippen LogP contribution in [0.1, 0.15) is 53.4 Å². The highest BCUT2D eigenvalue weighted by atomic mass is 16.1. The molecule has 0 spiro atoms. The van der Waals surface area contributed by atoms with E-state index in [9.17, 15) is 4.79 Å². The third kappa shape index (κ3) is 4.75. The van der Waals surface area contributed by atoms with Gasteiger partial charge in [-0.05, 0) is 39.2 Å². The normalized spacial score (nSPS) is 26.3. The topological polar surface area (TPSA) is 29.1 Å². The maximum atomic E-state index is 11.0. The fraction of sp³-hybridized carbons (Fsp3) is 0.917. The molecule has 1 saturated carbocycles. The largest absolute Gasteiger partial charge is 0.314 e. The smallest absolute Gasteiger partial charge is 0.132 e. The third-order valence-electron chi connectivity index (χ3n) is 2.79. The number of carbonyl (C=O) groups is 1. The molecule has 1 fully saturated rings. The maximum absolute atomic E-state index is 11.0. The molecule has 0 heterocycles. The minimum absolute atomic E-state index is 0.361. The van der Waals surface area contributed by atoms with Crippen LogP contribution in [0.3, 0.4) is 0 Å². The highest BCUT2D eigenvalue weighted by Crippen LogP contribution is 2.24. The SMILES string of the molecule is CC.CCNC1CCC(C(C)=O)CC1. The molecule has 84 valence electrons. The fourth-order valence-corrected chi connectivity index (χ4v) is 1.99. The van der Waals surface area contributed by atoms with Crippen LogP contribution in [0.2, 0.25) is 0 Å². The number of hydrogen-bond acceptors (Lipinski definition) is 2. The van der Waals surface area contributed by atoms with Gasteiger partial charge in [0.25, 0.3) is 0 Å². The molecule has 0 atom stereocenters. The summed E-state index contributed by atoms with van der Waals surface area (Å²) >= 11 is 0. The minimum atomic E-state index is 0.361. The molecule has 0 saturated heterocycles. The van der Waals surface area contributed by atoms with Crippen LogP contribution in [-0.4, -0.2) is 18.4 Å². The van der Waals surface area contributed by atoms with E-state index in [1.54, 1.807) is 6.92 Å². The summed E-state index contributed by atoms with van der Waals surface area (Å²) in [7, 11) is 0.